The quantitative estimate of drug-likeness (QED) is 0.888. The lowest BCUT2D eigenvalue weighted by Crippen LogP contribution is -2.40. The van der Waals surface area contributed by atoms with Crippen LogP contribution in [0.5, 0.6) is 0 Å². The lowest BCUT2D eigenvalue weighted by molar-refractivity contribution is -0.123. The van der Waals surface area contributed by atoms with E-state index < -0.39 is 12.2 Å². The summed E-state index contributed by atoms with van der Waals surface area (Å²) in [6.07, 6.45) is 2.24. The summed E-state index contributed by atoms with van der Waals surface area (Å²) in [7, 11) is 0. The summed E-state index contributed by atoms with van der Waals surface area (Å²) in [6, 6.07) is 4.84. The van der Waals surface area contributed by atoms with Crippen LogP contribution in [0.1, 0.15) is 12.0 Å². The van der Waals surface area contributed by atoms with Gasteiger partial charge in [-0.3, -0.25) is 4.79 Å². The van der Waals surface area contributed by atoms with E-state index in [1.54, 1.807) is 23.1 Å². The van der Waals surface area contributed by atoms with E-state index in [4.69, 9.17) is 11.6 Å². The molecule has 1 aliphatic heterocycles. The molecule has 0 unspecified atom stereocenters. The van der Waals surface area contributed by atoms with Crippen molar-refractivity contribution in [2.75, 3.05) is 6.54 Å². The Kier molecular flexibility index (Phi) is 4.35. The minimum absolute atomic E-state index is 0.206. The van der Waals surface area contributed by atoms with Gasteiger partial charge in [0.15, 0.2) is 0 Å². The number of alkyl halides is 1. The van der Waals surface area contributed by atoms with Crippen LogP contribution >= 0.6 is 11.6 Å². The lowest BCUT2D eigenvalue weighted by atomic mass is 10.1. The summed E-state index contributed by atoms with van der Waals surface area (Å²) in [5.74, 6) is -0.218. The van der Waals surface area contributed by atoms with Crippen molar-refractivity contribution in [2.45, 2.75) is 25.2 Å². The van der Waals surface area contributed by atoms with Crippen molar-refractivity contribution >= 4 is 17.5 Å². The summed E-state index contributed by atoms with van der Waals surface area (Å²) in [5.41, 5.74) is 1.59. The van der Waals surface area contributed by atoms with Crippen molar-refractivity contribution in [3.8, 4) is 5.69 Å². The van der Waals surface area contributed by atoms with E-state index in [1.807, 2.05) is 6.07 Å². The second-order valence-corrected chi connectivity index (χ2v) is 5.56. The minimum atomic E-state index is -0.965. The number of hydrogen-bond acceptors (Lipinski definition) is 4. The molecule has 2 aromatic rings. The number of amides is 1. The van der Waals surface area contributed by atoms with Gasteiger partial charge in [-0.1, -0.05) is 11.6 Å². The molecule has 2 atom stereocenters. The molecule has 3 rings (SSSR count). The molecule has 1 aromatic heterocycles. The molecule has 0 bridgehead atoms. The van der Waals surface area contributed by atoms with Crippen LogP contribution in [0, 0.1) is 0 Å². The van der Waals surface area contributed by atoms with Crippen LogP contribution in [0.15, 0.2) is 30.9 Å². The minimum Gasteiger partial charge on any atom is -0.351 e. The first-order valence-corrected chi connectivity index (χ1v) is 7.30. The molecule has 1 fully saturated rings. The van der Waals surface area contributed by atoms with Gasteiger partial charge in [-0.15, -0.1) is 0 Å². The van der Waals surface area contributed by atoms with Crippen LogP contribution in [-0.2, 0) is 11.3 Å². The van der Waals surface area contributed by atoms with Crippen LogP contribution in [0.2, 0.25) is 5.02 Å². The van der Waals surface area contributed by atoms with Gasteiger partial charge in [0.25, 0.3) is 0 Å². The van der Waals surface area contributed by atoms with Crippen molar-refractivity contribution in [1.29, 1.82) is 0 Å². The van der Waals surface area contributed by atoms with E-state index in [-0.39, 0.29) is 25.4 Å². The largest absolute Gasteiger partial charge is 0.351 e. The van der Waals surface area contributed by atoms with Crippen LogP contribution in [0.4, 0.5) is 4.39 Å². The number of benzene rings is 1. The highest BCUT2D eigenvalue weighted by Crippen LogP contribution is 2.19. The molecule has 6 nitrogen and oxygen atoms in total. The van der Waals surface area contributed by atoms with Crippen molar-refractivity contribution in [1.82, 2.24) is 25.4 Å². The monoisotopic (exact) mass is 323 g/mol. The summed E-state index contributed by atoms with van der Waals surface area (Å²) >= 11 is 6.02. The zero-order chi connectivity index (χ0) is 15.5. The van der Waals surface area contributed by atoms with Crippen molar-refractivity contribution in [3.63, 3.8) is 0 Å². The van der Waals surface area contributed by atoms with Gasteiger partial charge in [0, 0.05) is 24.5 Å². The zero-order valence-electron chi connectivity index (χ0n) is 11.7. The lowest BCUT2D eigenvalue weighted by Gasteiger charge is -2.13. The standard InChI is InChI=1S/C14H15ClFN5O/c15-10-1-2-13(21-8-17-7-20-21)9(3-10)5-19-14(22)12-4-11(16)6-18-12/h1-3,7-8,11-12,18H,4-6H2,(H,19,22)/t11-,12-/m0/s1. The second-order valence-electron chi connectivity index (χ2n) is 5.12. The molecule has 116 valence electrons. The SMILES string of the molecule is O=C(NCc1cc(Cl)ccc1-n1cncn1)[C@@H]1C[C@H](F)CN1. The van der Waals surface area contributed by atoms with Crippen molar-refractivity contribution < 1.29 is 9.18 Å². The Balaban J connectivity index is 1.72. The normalized spacial score (nSPS) is 21.0. The number of carbonyl (C=O) groups excluding carboxylic acids is 1. The highest BCUT2D eigenvalue weighted by atomic mass is 35.5. The Hall–Kier alpha value is -1.99. The molecule has 1 saturated heterocycles. The fourth-order valence-corrected chi connectivity index (χ4v) is 2.64. The van der Waals surface area contributed by atoms with Crippen LogP contribution in [0.3, 0.4) is 0 Å². The predicted molar refractivity (Wildman–Crippen MR) is 79.5 cm³/mol. The Morgan fingerprint density at radius 3 is 3.09 bits per heavy atom. The van der Waals surface area contributed by atoms with Gasteiger partial charge < -0.3 is 10.6 Å². The maximum atomic E-state index is 13.1. The van der Waals surface area contributed by atoms with Gasteiger partial charge in [0.1, 0.15) is 18.8 Å². The van der Waals surface area contributed by atoms with Crippen molar-refractivity contribution in [2.24, 2.45) is 0 Å². The van der Waals surface area contributed by atoms with Gasteiger partial charge in [0.05, 0.1) is 11.7 Å². The number of rotatable bonds is 4. The predicted octanol–water partition coefficient (Wildman–Crippen LogP) is 1.24. The summed E-state index contributed by atoms with van der Waals surface area (Å²) in [4.78, 5) is 15.9. The molecule has 0 radical (unpaired) electrons. The van der Waals surface area contributed by atoms with Gasteiger partial charge in [-0.05, 0) is 23.8 Å². The molecule has 0 aliphatic carbocycles. The van der Waals surface area contributed by atoms with Gasteiger partial charge in [-0.25, -0.2) is 14.1 Å². The summed E-state index contributed by atoms with van der Waals surface area (Å²) in [5, 5.41) is 10.3. The molecule has 0 spiro atoms. The van der Waals surface area contributed by atoms with Gasteiger partial charge in [0.2, 0.25) is 5.91 Å². The molecular weight excluding hydrogens is 309 g/mol. The zero-order valence-corrected chi connectivity index (χ0v) is 12.4. The number of hydrogen-bond donors (Lipinski definition) is 2. The third-order valence-electron chi connectivity index (χ3n) is 3.55. The summed E-state index contributed by atoms with van der Waals surface area (Å²) in [6.45, 7) is 0.503. The topological polar surface area (TPSA) is 71.8 Å². The highest BCUT2D eigenvalue weighted by molar-refractivity contribution is 6.30. The molecule has 1 aliphatic rings. The Morgan fingerprint density at radius 2 is 2.41 bits per heavy atom. The highest BCUT2D eigenvalue weighted by Gasteiger charge is 2.29. The third-order valence-corrected chi connectivity index (χ3v) is 3.79. The number of aromatic nitrogens is 3. The van der Waals surface area contributed by atoms with Gasteiger partial charge >= 0.3 is 0 Å². The first-order valence-electron chi connectivity index (χ1n) is 6.92. The smallest absolute Gasteiger partial charge is 0.237 e. The molecular formula is C14H15ClFN5O. The number of nitrogens with zero attached hydrogens (tertiary/aromatic N) is 3. The Morgan fingerprint density at radius 1 is 1.55 bits per heavy atom. The maximum absolute atomic E-state index is 13.1. The number of nitrogens with one attached hydrogen (secondary N) is 2. The molecule has 22 heavy (non-hydrogen) atoms. The maximum Gasteiger partial charge on any atom is 0.237 e. The van der Waals surface area contributed by atoms with E-state index in [1.165, 1.54) is 6.33 Å². The van der Waals surface area contributed by atoms with Gasteiger partial charge in [-0.2, -0.15) is 5.10 Å². The molecule has 1 aromatic carbocycles. The van der Waals surface area contributed by atoms with E-state index in [2.05, 4.69) is 20.7 Å². The first-order chi connectivity index (χ1) is 10.6. The Bertz CT molecular complexity index is 663. The number of halogens is 2. The molecule has 1 amide bonds. The van der Waals surface area contributed by atoms with E-state index in [0.29, 0.717) is 5.02 Å². The first kappa shape index (κ1) is 14.9. The average Bonchev–Trinajstić information content (AvgIpc) is 3.16. The van der Waals surface area contributed by atoms with Crippen LogP contribution in [-0.4, -0.2) is 39.4 Å². The molecule has 8 heteroatoms. The Labute approximate surface area is 131 Å². The fraction of sp³-hybridized carbons (Fsp3) is 0.357. The fourth-order valence-electron chi connectivity index (χ4n) is 2.45. The molecule has 2 heterocycles. The molecule has 2 N–H and O–H groups in total. The van der Waals surface area contributed by atoms with Crippen LogP contribution in [0.25, 0.3) is 5.69 Å². The van der Waals surface area contributed by atoms with E-state index >= 15 is 0 Å². The second kappa shape index (κ2) is 6.41. The van der Waals surface area contributed by atoms with E-state index in [9.17, 15) is 9.18 Å². The van der Waals surface area contributed by atoms with E-state index in [0.717, 1.165) is 11.3 Å². The third kappa shape index (κ3) is 3.26. The van der Waals surface area contributed by atoms with Crippen LogP contribution < -0.4 is 10.6 Å². The average molecular weight is 324 g/mol. The summed E-state index contributed by atoms with van der Waals surface area (Å²) < 4.78 is 14.7. The van der Waals surface area contributed by atoms with Crippen molar-refractivity contribution in [3.05, 3.63) is 41.4 Å². The number of carbonyl (C=O) groups is 1. The molecule has 0 saturated carbocycles.